The van der Waals surface area contributed by atoms with Gasteiger partial charge in [0.15, 0.2) is 0 Å². The molecule has 0 bridgehead atoms. The van der Waals surface area contributed by atoms with Gasteiger partial charge in [0, 0.05) is 5.39 Å². The third-order valence-corrected chi connectivity index (χ3v) is 6.28. The molecule has 0 aliphatic heterocycles. The van der Waals surface area contributed by atoms with E-state index in [1.807, 2.05) is 37.3 Å². The van der Waals surface area contributed by atoms with Crippen LogP contribution in [0.1, 0.15) is 84.6 Å². The van der Waals surface area contributed by atoms with Crippen LogP contribution in [0.3, 0.4) is 0 Å². The van der Waals surface area contributed by atoms with E-state index in [1.54, 1.807) is 6.07 Å². The van der Waals surface area contributed by atoms with Gasteiger partial charge in [-0.2, -0.15) is 0 Å². The van der Waals surface area contributed by atoms with Gasteiger partial charge in [-0.15, -0.1) is 0 Å². The van der Waals surface area contributed by atoms with Crippen LogP contribution in [0.25, 0.3) is 10.8 Å². The largest absolute Gasteiger partial charge is 0.707 e. The number of rotatable bonds is 14. The number of hydrogen-bond donors (Lipinski definition) is 2. The maximum absolute atomic E-state index is 8.77. The number of nitrogens with zero attached hydrogens (tertiary/aromatic N) is 1. The van der Waals surface area contributed by atoms with Crippen molar-refractivity contribution in [2.75, 3.05) is 26.2 Å². The fourth-order valence-corrected chi connectivity index (χ4v) is 4.28. The zero-order valence-corrected chi connectivity index (χ0v) is 21.3. The highest BCUT2D eigenvalue weighted by Gasteiger charge is 2.24. The number of aryl methyl sites for hydroxylation is 1. The quantitative estimate of drug-likeness (QED) is 0.258. The lowest BCUT2D eigenvalue weighted by Crippen LogP contribution is -2.50. The molecule has 0 aliphatic carbocycles. The van der Waals surface area contributed by atoms with E-state index in [2.05, 4.69) is 27.7 Å². The van der Waals surface area contributed by atoms with Gasteiger partial charge in [0.05, 0.1) is 26.2 Å². The van der Waals surface area contributed by atoms with Gasteiger partial charge in [-0.05, 0) is 49.6 Å². The van der Waals surface area contributed by atoms with Crippen LogP contribution in [-0.4, -0.2) is 48.0 Å². The van der Waals surface area contributed by atoms with E-state index in [0.717, 1.165) is 16.3 Å². The second-order valence-electron chi connectivity index (χ2n) is 9.02. The number of quaternary nitrogens is 1. The number of hydrogen-bond acceptors (Lipinski definition) is 3. The van der Waals surface area contributed by atoms with Crippen LogP contribution in [0.2, 0.25) is 0 Å². The predicted octanol–water partition coefficient (Wildman–Crippen LogP) is 6.50. The van der Waals surface area contributed by atoms with Crippen LogP contribution in [0.4, 0.5) is 0 Å². The molecule has 32 heavy (non-hydrogen) atoms. The van der Waals surface area contributed by atoms with Gasteiger partial charge in [-0.25, -0.2) is 0 Å². The van der Waals surface area contributed by atoms with Gasteiger partial charge in [-0.3, -0.25) is 0 Å². The molecule has 2 aromatic carbocycles. The fourth-order valence-electron chi connectivity index (χ4n) is 4.28. The SMILES string of the molecule is CCCC[N+](CCCC)(CCCC)CCCC.Cc1ccc(OB(O)O)c2ccccc12. The molecular weight excluding hydrogens is 397 g/mol. The lowest BCUT2D eigenvalue weighted by Gasteiger charge is -2.39. The summed E-state index contributed by atoms with van der Waals surface area (Å²) in [6.07, 6.45) is 11.1. The molecule has 4 nitrogen and oxygen atoms in total. The Kier molecular flexibility index (Phi) is 14.3. The van der Waals surface area contributed by atoms with E-state index >= 15 is 0 Å². The van der Waals surface area contributed by atoms with Crippen LogP contribution in [0, 0.1) is 6.92 Å². The molecule has 2 N–H and O–H groups in total. The van der Waals surface area contributed by atoms with E-state index in [4.69, 9.17) is 14.7 Å². The first kappa shape index (κ1) is 28.5. The Morgan fingerprint density at radius 1 is 0.688 bits per heavy atom. The topological polar surface area (TPSA) is 49.7 Å². The second-order valence-corrected chi connectivity index (χ2v) is 9.02. The van der Waals surface area contributed by atoms with Crippen molar-refractivity contribution in [3.63, 3.8) is 0 Å². The summed E-state index contributed by atoms with van der Waals surface area (Å²) in [4.78, 5) is 0. The summed E-state index contributed by atoms with van der Waals surface area (Å²) < 4.78 is 6.31. The third kappa shape index (κ3) is 9.93. The van der Waals surface area contributed by atoms with E-state index in [1.165, 1.54) is 82.0 Å². The number of benzene rings is 2. The van der Waals surface area contributed by atoms with Gasteiger partial charge in [0.2, 0.25) is 0 Å². The summed E-state index contributed by atoms with van der Waals surface area (Å²) in [5.41, 5.74) is 1.13. The maximum Gasteiger partial charge on any atom is 0.707 e. The highest BCUT2D eigenvalue weighted by atomic mass is 16.6. The average molecular weight is 444 g/mol. The van der Waals surface area contributed by atoms with Crippen LogP contribution >= 0.6 is 0 Å². The molecule has 2 aromatic rings. The van der Waals surface area contributed by atoms with E-state index in [-0.39, 0.29) is 0 Å². The lowest BCUT2D eigenvalue weighted by molar-refractivity contribution is -0.929. The number of unbranched alkanes of at least 4 members (excludes halogenated alkanes) is 4. The summed E-state index contributed by atoms with van der Waals surface area (Å²) in [5, 5.41) is 19.5. The van der Waals surface area contributed by atoms with E-state index in [0.29, 0.717) is 5.75 Å². The third-order valence-electron chi connectivity index (χ3n) is 6.28. The molecule has 0 radical (unpaired) electrons. The molecule has 2 rings (SSSR count). The highest BCUT2D eigenvalue weighted by Crippen LogP contribution is 2.28. The molecular formula is C27H47BNO3+. The zero-order chi connectivity index (χ0) is 23.8. The zero-order valence-electron chi connectivity index (χ0n) is 21.3. The minimum absolute atomic E-state index is 0.478. The Morgan fingerprint density at radius 2 is 1.12 bits per heavy atom. The fraction of sp³-hybridized carbons (Fsp3) is 0.630. The summed E-state index contributed by atoms with van der Waals surface area (Å²) in [5.74, 6) is 0.478. The first-order valence-electron chi connectivity index (χ1n) is 12.8. The lowest BCUT2D eigenvalue weighted by atomic mass is 10.0. The Balaban J connectivity index is 0.000000321. The summed E-state index contributed by atoms with van der Waals surface area (Å²) in [7, 11) is -1.78. The van der Waals surface area contributed by atoms with Crippen molar-refractivity contribution in [1.82, 2.24) is 0 Å². The molecule has 0 heterocycles. The van der Waals surface area contributed by atoms with Gasteiger partial charge < -0.3 is 19.2 Å². The van der Waals surface area contributed by atoms with E-state index in [9.17, 15) is 0 Å². The van der Waals surface area contributed by atoms with Crippen molar-refractivity contribution in [2.24, 2.45) is 0 Å². The normalized spacial score (nSPS) is 11.2. The first-order chi connectivity index (χ1) is 15.4. The van der Waals surface area contributed by atoms with Crippen LogP contribution in [0.5, 0.6) is 5.75 Å². The van der Waals surface area contributed by atoms with Crippen molar-refractivity contribution in [1.29, 1.82) is 0 Å². The monoisotopic (exact) mass is 444 g/mol. The Morgan fingerprint density at radius 3 is 1.53 bits per heavy atom. The molecule has 0 aliphatic rings. The van der Waals surface area contributed by atoms with E-state index < -0.39 is 7.32 Å². The molecule has 0 amide bonds. The Hall–Kier alpha value is -1.56. The molecule has 0 aromatic heterocycles. The van der Waals surface area contributed by atoms with Crippen molar-refractivity contribution in [3.05, 3.63) is 42.0 Å². The minimum Gasteiger partial charge on any atom is -0.512 e. The van der Waals surface area contributed by atoms with Gasteiger partial charge >= 0.3 is 7.32 Å². The molecule has 0 spiro atoms. The van der Waals surface area contributed by atoms with Crippen LogP contribution < -0.4 is 4.65 Å². The van der Waals surface area contributed by atoms with Gasteiger partial charge in [0.1, 0.15) is 5.75 Å². The molecule has 0 saturated carbocycles. The Bertz CT molecular complexity index is 713. The standard InChI is InChI=1S/C16H36N.C11H11BO3/c1-5-9-13-17(14-10-6-2,15-11-7-3)16-12-8-4;1-8-6-7-11(15-12(13)14)10-5-3-2-4-9(8)10/h5-16H2,1-4H3;2-7,13-14H,1H3/q+1;. The molecule has 5 heteroatoms. The molecule has 0 atom stereocenters. The average Bonchev–Trinajstić information content (AvgIpc) is 2.80. The molecule has 0 fully saturated rings. The maximum atomic E-state index is 8.77. The van der Waals surface area contributed by atoms with Crippen LogP contribution in [0.15, 0.2) is 36.4 Å². The van der Waals surface area contributed by atoms with Crippen LogP contribution in [-0.2, 0) is 0 Å². The first-order valence-corrected chi connectivity index (χ1v) is 12.8. The minimum atomic E-state index is -1.78. The molecule has 0 unspecified atom stereocenters. The summed E-state index contributed by atoms with van der Waals surface area (Å²) >= 11 is 0. The highest BCUT2D eigenvalue weighted by molar-refractivity contribution is 6.34. The second kappa shape index (κ2) is 16.1. The number of fused-ring (bicyclic) bond motifs is 1. The smallest absolute Gasteiger partial charge is 0.512 e. The predicted molar refractivity (Wildman–Crippen MR) is 139 cm³/mol. The van der Waals surface area contributed by atoms with Crippen molar-refractivity contribution >= 4 is 18.1 Å². The Labute approximate surface area is 197 Å². The van der Waals surface area contributed by atoms with Crippen molar-refractivity contribution < 1.29 is 19.2 Å². The van der Waals surface area contributed by atoms with Gasteiger partial charge in [0.25, 0.3) is 0 Å². The molecule has 0 saturated heterocycles. The molecule has 180 valence electrons. The van der Waals surface area contributed by atoms with Gasteiger partial charge in [-0.1, -0.05) is 83.7 Å². The van der Waals surface area contributed by atoms with Crippen molar-refractivity contribution in [2.45, 2.75) is 86.0 Å². The summed E-state index contributed by atoms with van der Waals surface area (Å²) in [6.45, 7) is 17.0. The van der Waals surface area contributed by atoms with Crippen molar-refractivity contribution in [3.8, 4) is 5.75 Å². The summed E-state index contributed by atoms with van der Waals surface area (Å²) in [6, 6.07) is 11.3.